The Morgan fingerprint density at radius 2 is 1.93 bits per heavy atom. The molecule has 3 aromatic heterocycles. The van der Waals surface area contributed by atoms with Crippen LogP contribution in [0.5, 0.6) is 0 Å². The summed E-state index contributed by atoms with van der Waals surface area (Å²) in [5, 5.41) is 8.31. The first kappa shape index (κ1) is 18.9. The summed E-state index contributed by atoms with van der Waals surface area (Å²) in [6.07, 6.45) is 9.38. The van der Waals surface area contributed by atoms with Crippen molar-refractivity contribution >= 4 is 32.7 Å². The van der Waals surface area contributed by atoms with Gasteiger partial charge in [0.25, 0.3) is 5.91 Å². The highest BCUT2D eigenvalue weighted by Gasteiger charge is 2.40. The molecule has 1 aromatic carbocycles. The van der Waals surface area contributed by atoms with E-state index in [2.05, 4.69) is 36.3 Å². The fraction of sp³-hybridized carbons (Fsp3) is 0.182. The van der Waals surface area contributed by atoms with Crippen LogP contribution in [0.4, 0.5) is 4.39 Å². The fourth-order valence-corrected chi connectivity index (χ4v) is 4.28. The average molecular weight is 466 g/mol. The molecule has 0 unspecified atom stereocenters. The third-order valence-electron chi connectivity index (χ3n) is 5.65. The predicted octanol–water partition coefficient (Wildman–Crippen LogP) is 4.53. The predicted molar refractivity (Wildman–Crippen MR) is 114 cm³/mol. The lowest BCUT2D eigenvalue weighted by molar-refractivity contribution is 0.0824. The molecule has 3 heterocycles. The molecule has 6 nitrogen and oxygen atoms in total. The zero-order valence-electron chi connectivity index (χ0n) is 15.8. The summed E-state index contributed by atoms with van der Waals surface area (Å²) in [6.45, 7) is 0. The summed E-state index contributed by atoms with van der Waals surface area (Å²) in [4.78, 5) is 21.7. The van der Waals surface area contributed by atoms with Crippen LogP contribution < -0.4 is 5.32 Å². The van der Waals surface area contributed by atoms with Crippen molar-refractivity contribution in [3.63, 3.8) is 0 Å². The van der Waals surface area contributed by atoms with Gasteiger partial charge in [-0.2, -0.15) is 5.10 Å². The molecule has 30 heavy (non-hydrogen) atoms. The van der Waals surface area contributed by atoms with Crippen LogP contribution in [0.1, 0.15) is 35.2 Å². The van der Waals surface area contributed by atoms with E-state index in [-0.39, 0.29) is 11.7 Å². The lowest BCUT2D eigenvalue weighted by atomic mass is 9.72. The van der Waals surface area contributed by atoms with Crippen LogP contribution in [0, 0.1) is 5.82 Å². The number of carbonyl (C=O) groups excluding carboxylic acids is 1. The van der Waals surface area contributed by atoms with Crippen molar-refractivity contribution in [1.29, 1.82) is 0 Å². The molecular weight excluding hydrogens is 449 g/mol. The SMILES string of the molecule is O=C(NC1(c2ccnc(Br)c2)CCC1)c1cncc2c1cnn2-c1ccc(F)cc1. The summed E-state index contributed by atoms with van der Waals surface area (Å²) in [5.74, 6) is -0.513. The van der Waals surface area contributed by atoms with Crippen molar-refractivity contribution in [2.75, 3.05) is 0 Å². The Balaban J connectivity index is 1.50. The van der Waals surface area contributed by atoms with E-state index >= 15 is 0 Å². The second kappa shape index (κ2) is 7.28. The minimum absolute atomic E-state index is 0.195. The van der Waals surface area contributed by atoms with Gasteiger partial charge < -0.3 is 5.32 Å². The summed E-state index contributed by atoms with van der Waals surface area (Å²) in [7, 11) is 0. The van der Waals surface area contributed by atoms with Crippen molar-refractivity contribution in [3.05, 3.63) is 82.7 Å². The van der Waals surface area contributed by atoms with Crippen LogP contribution in [0.2, 0.25) is 0 Å². The number of fused-ring (bicyclic) bond motifs is 1. The maximum atomic E-state index is 13.3. The minimum Gasteiger partial charge on any atom is -0.342 e. The van der Waals surface area contributed by atoms with E-state index in [1.54, 1.807) is 41.6 Å². The Labute approximate surface area is 180 Å². The summed E-state index contributed by atoms with van der Waals surface area (Å²) in [5.41, 5.74) is 2.47. The van der Waals surface area contributed by atoms with Gasteiger partial charge in [-0.05, 0) is 77.2 Å². The van der Waals surface area contributed by atoms with Crippen LogP contribution in [0.25, 0.3) is 16.6 Å². The topological polar surface area (TPSA) is 72.7 Å². The second-order valence-electron chi connectivity index (χ2n) is 7.41. The Kier molecular flexibility index (Phi) is 4.58. The van der Waals surface area contributed by atoms with Gasteiger partial charge in [-0.25, -0.2) is 14.1 Å². The lowest BCUT2D eigenvalue weighted by Crippen LogP contribution is -2.50. The third kappa shape index (κ3) is 3.17. The van der Waals surface area contributed by atoms with Crippen LogP contribution in [-0.4, -0.2) is 25.7 Å². The van der Waals surface area contributed by atoms with Gasteiger partial charge in [0.1, 0.15) is 10.4 Å². The average Bonchev–Trinajstić information content (AvgIpc) is 3.15. The molecular formula is C22H17BrFN5O. The molecule has 1 fully saturated rings. The fourth-order valence-electron chi connectivity index (χ4n) is 3.91. The van der Waals surface area contributed by atoms with E-state index in [9.17, 15) is 9.18 Å². The standard InChI is InChI=1S/C22H17BrFN5O/c23-20-10-14(6-9-26-20)22(7-1-8-22)28-21(30)18-11-25-13-19-17(18)12-27-29(19)16-4-2-15(24)3-5-16/h2-6,9-13H,1,7-8H2,(H,28,30). The number of benzene rings is 1. The van der Waals surface area contributed by atoms with Crippen LogP contribution in [0.15, 0.2) is 65.8 Å². The van der Waals surface area contributed by atoms with Gasteiger partial charge in [0, 0.05) is 17.8 Å². The molecule has 4 aromatic rings. The minimum atomic E-state index is -0.405. The molecule has 150 valence electrons. The molecule has 0 aliphatic heterocycles. The zero-order chi connectivity index (χ0) is 20.7. The Bertz CT molecular complexity index is 1250. The van der Waals surface area contributed by atoms with Crippen molar-refractivity contribution in [2.45, 2.75) is 24.8 Å². The summed E-state index contributed by atoms with van der Waals surface area (Å²) >= 11 is 3.41. The van der Waals surface area contributed by atoms with Gasteiger partial charge in [-0.1, -0.05) is 0 Å². The quantitative estimate of drug-likeness (QED) is 0.449. The third-order valence-corrected chi connectivity index (χ3v) is 6.09. The monoisotopic (exact) mass is 465 g/mol. The summed E-state index contributed by atoms with van der Waals surface area (Å²) in [6, 6.07) is 9.92. The molecule has 1 N–H and O–H groups in total. The molecule has 1 aliphatic carbocycles. The molecule has 1 amide bonds. The number of nitrogens with zero attached hydrogens (tertiary/aromatic N) is 4. The van der Waals surface area contributed by atoms with Gasteiger partial charge >= 0.3 is 0 Å². The van der Waals surface area contributed by atoms with E-state index in [4.69, 9.17) is 0 Å². The number of rotatable bonds is 4. The number of pyridine rings is 2. The van der Waals surface area contributed by atoms with E-state index < -0.39 is 5.54 Å². The van der Waals surface area contributed by atoms with Gasteiger partial charge in [-0.3, -0.25) is 9.78 Å². The van der Waals surface area contributed by atoms with Crippen LogP contribution >= 0.6 is 15.9 Å². The van der Waals surface area contributed by atoms with Gasteiger partial charge in [0.05, 0.1) is 34.7 Å². The number of halogens is 2. The number of aromatic nitrogens is 4. The smallest absolute Gasteiger partial charge is 0.254 e. The van der Waals surface area contributed by atoms with Gasteiger partial charge in [-0.15, -0.1) is 0 Å². The van der Waals surface area contributed by atoms with Crippen molar-refractivity contribution in [2.24, 2.45) is 0 Å². The summed E-state index contributed by atoms with van der Waals surface area (Å²) < 4.78 is 15.7. The first-order valence-electron chi connectivity index (χ1n) is 9.58. The number of carbonyl (C=O) groups is 1. The largest absolute Gasteiger partial charge is 0.342 e. The lowest BCUT2D eigenvalue weighted by Gasteiger charge is -2.43. The van der Waals surface area contributed by atoms with E-state index in [0.717, 1.165) is 29.4 Å². The van der Waals surface area contributed by atoms with E-state index in [1.165, 1.54) is 12.1 Å². The first-order valence-corrected chi connectivity index (χ1v) is 10.4. The molecule has 0 spiro atoms. The number of hydrogen-bond donors (Lipinski definition) is 1. The molecule has 0 saturated heterocycles. The Morgan fingerprint density at radius 3 is 2.63 bits per heavy atom. The Hall–Kier alpha value is -3.13. The van der Waals surface area contributed by atoms with E-state index in [1.807, 2.05) is 12.1 Å². The number of hydrogen-bond acceptors (Lipinski definition) is 4. The van der Waals surface area contributed by atoms with Crippen LogP contribution in [-0.2, 0) is 5.54 Å². The van der Waals surface area contributed by atoms with Crippen molar-refractivity contribution < 1.29 is 9.18 Å². The molecule has 5 rings (SSSR count). The molecule has 0 atom stereocenters. The molecule has 0 bridgehead atoms. The maximum Gasteiger partial charge on any atom is 0.254 e. The second-order valence-corrected chi connectivity index (χ2v) is 8.22. The molecule has 0 radical (unpaired) electrons. The highest BCUT2D eigenvalue weighted by Crippen LogP contribution is 2.42. The number of nitrogens with one attached hydrogen (secondary N) is 1. The maximum absolute atomic E-state index is 13.3. The van der Waals surface area contributed by atoms with Gasteiger partial charge in [0.2, 0.25) is 0 Å². The van der Waals surface area contributed by atoms with Crippen LogP contribution in [0.3, 0.4) is 0 Å². The molecule has 8 heteroatoms. The highest BCUT2D eigenvalue weighted by atomic mass is 79.9. The number of amides is 1. The molecule has 1 saturated carbocycles. The first-order chi connectivity index (χ1) is 14.6. The van der Waals surface area contributed by atoms with E-state index in [0.29, 0.717) is 22.2 Å². The van der Waals surface area contributed by atoms with Gasteiger partial charge in [0.15, 0.2) is 0 Å². The Morgan fingerprint density at radius 1 is 1.13 bits per heavy atom. The highest BCUT2D eigenvalue weighted by molar-refractivity contribution is 9.10. The van der Waals surface area contributed by atoms with Crippen molar-refractivity contribution in [3.8, 4) is 5.69 Å². The molecule has 1 aliphatic rings. The zero-order valence-corrected chi connectivity index (χ0v) is 17.4. The normalized spacial score (nSPS) is 15.0. The van der Waals surface area contributed by atoms with Crippen molar-refractivity contribution in [1.82, 2.24) is 25.1 Å².